The van der Waals surface area contributed by atoms with Crippen LogP contribution in [-0.2, 0) is 20.9 Å². The van der Waals surface area contributed by atoms with Crippen molar-refractivity contribution < 1.29 is 28.6 Å². The summed E-state index contributed by atoms with van der Waals surface area (Å²) in [5.41, 5.74) is 1.71. The summed E-state index contributed by atoms with van der Waals surface area (Å²) in [6.07, 6.45) is -0.298. The maximum Gasteiger partial charge on any atom is 0.325 e. The standard InChI is InChI=1S/C24H27N3O6/c1-31-19-9-8-16(12-20(19)32-2)14-27-23(29)18(25-24(27)30)13-22(28)26-10-11-33-21(15-26)17-6-4-3-5-7-17/h3-9,12,18,21H,10-11,13-15H2,1-2H3,(H,25,30). The SMILES string of the molecule is COc1ccc(CN2C(=O)NC(CC(=O)N3CCOC(c4ccccc4)C3)C2=O)cc1OC. The molecule has 2 unspecified atom stereocenters. The number of amides is 4. The molecule has 0 aromatic heterocycles. The molecule has 174 valence electrons. The number of carbonyl (C=O) groups excluding carboxylic acids is 3. The predicted octanol–water partition coefficient (Wildman–Crippen LogP) is 2.11. The number of nitrogens with zero attached hydrogens (tertiary/aromatic N) is 2. The summed E-state index contributed by atoms with van der Waals surface area (Å²) in [6, 6.07) is 13.5. The van der Waals surface area contributed by atoms with E-state index >= 15 is 0 Å². The topological polar surface area (TPSA) is 97.4 Å². The zero-order valence-corrected chi connectivity index (χ0v) is 18.7. The minimum Gasteiger partial charge on any atom is -0.493 e. The molecule has 4 rings (SSSR count). The number of carbonyl (C=O) groups is 3. The average Bonchev–Trinajstić information content (AvgIpc) is 3.11. The molecule has 1 N–H and O–H groups in total. The number of urea groups is 1. The summed E-state index contributed by atoms with van der Waals surface area (Å²) < 4.78 is 16.3. The van der Waals surface area contributed by atoms with Gasteiger partial charge in [0.2, 0.25) is 5.91 Å². The molecule has 2 heterocycles. The zero-order chi connectivity index (χ0) is 23.4. The number of rotatable bonds is 7. The van der Waals surface area contributed by atoms with Crippen LogP contribution in [0.15, 0.2) is 48.5 Å². The van der Waals surface area contributed by atoms with E-state index < -0.39 is 18.0 Å². The molecule has 2 aliphatic heterocycles. The quantitative estimate of drug-likeness (QED) is 0.645. The Labute approximate surface area is 192 Å². The van der Waals surface area contributed by atoms with Crippen molar-refractivity contribution in [2.75, 3.05) is 33.9 Å². The Morgan fingerprint density at radius 3 is 2.58 bits per heavy atom. The maximum atomic E-state index is 12.9. The van der Waals surface area contributed by atoms with Crippen LogP contribution in [0.3, 0.4) is 0 Å². The van der Waals surface area contributed by atoms with E-state index in [0.29, 0.717) is 36.8 Å². The van der Waals surface area contributed by atoms with Crippen LogP contribution in [0.1, 0.15) is 23.7 Å². The highest BCUT2D eigenvalue weighted by Crippen LogP contribution is 2.29. The van der Waals surface area contributed by atoms with Crippen LogP contribution >= 0.6 is 0 Å². The highest BCUT2D eigenvalue weighted by Gasteiger charge is 2.40. The molecule has 2 aromatic carbocycles. The van der Waals surface area contributed by atoms with E-state index in [1.807, 2.05) is 30.3 Å². The van der Waals surface area contributed by atoms with E-state index in [4.69, 9.17) is 14.2 Å². The minimum atomic E-state index is -0.886. The Bertz CT molecular complexity index is 1030. The van der Waals surface area contributed by atoms with E-state index in [-0.39, 0.29) is 25.0 Å². The fourth-order valence-electron chi connectivity index (χ4n) is 4.08. The van der Waals surface area contributed by atoms with E-state index in [1.54, 1.807) is 23.1 Å². The van der Waals surface area contributed by atoms with E-state index in [0.717, 1.165) is 10.5 Å². The smallest absolute Gasteiger partial charge is 0.325 e. The molecular formula is C24H27N3O6. The van der Waals surface area contributed by atoms with E-state index in [2.05, 4.69) is 5.32 Å². The largest absolute Gasteiger partial charge is 0.493 e. The highest BCUT2D eigenvalue weighted by atomic mass is 16.5. The Hall–Kier alpha value is -3.59. The summed E-state index contributed by atoms with van der Waals surface area (Å²) in [5, 5.41) is 2.64. The number of benzene rings is 2. The fraction of sp³-hybridized carbons (Fsp3) is 0.375. The molecule has 4 amide bonds. The van der Waals surface area contributed by atoms with Crippen LogP contribution in [0.25, 0.3) is 0 Å². The van der Waals surface area contributed by atoms with Gasteiger partial charge in [-0.05, 0) is 23.3 Å². The highest BCUT2D eigenvalue weighted by molar-refractivity contribution is 6.05. The van der Waals surface area contributed by atoms with Gasteiger partial charge in [-0.15, -0.1) is 0 Å². The van der Waals surface area contributed by atoms with Crippen LogP contribution in [0.4, 0.5) is 4.79 Å². The van der Waals surface area contributed by atoms with Gasteiger partial charge in [0.25, 0.3) is 5.91 Å². The number of imide groups is 1. The van der Waals surface area contributed by atoms with Crippen molar-refractivity contribution in [3.8, 4) is 11.5 Å². The third kappa shape index (κ3) is 4.93. The van der Waals surface area contributed by atoms with Gasteiger partial charge in [0.05, 0.1) is 40.3 Å². The number of morpholine rings is 1. The first kappa shape index (κ1) is 22.6. The predicted molar refractivity (Wildman–Crippen MR) is 119 cm³/mol. The van der Waals surface area contributed by atoms with Crippen LogP contribution in [0.5, 0.6) is 11.5 Å². The van der Waals surface area contributed by atoms with Crippen molar-refractivity contribution in [2.24, 2.45) is 0 Å². The van der Waals surface area contributed by atoms with Gasteiger partial charge in [0.15, 0.2) is 11.5 Å². The number of hydrogen-bond acceptors (Lipinski definition) is 6. The van der Waals surface area contributed by atoms with Gasteiger partial charge in [-0.25, -0.2) is 4.79 Å². The molecule has 0 bridgehead atoms. The van der Waals surface area contributed by atoms with E-state index in [9.17, 15) is 14.4 Å². The minimum absolute atomic E-state index is 0.0728. The number of nitrogens with one attached hydrogen (secondary N) is 1. The molecule has 9 heteroatoms. The van der Waals surface area contributed by atoms with Gasteiger partial charge >= 0.3 is 6.03 Å². The molecule has 2 aliphatic rings. The molecule has 0 radical (unpaired) electrons. The lowest BCUT2D eigenvalue weighted by atomic mass is 10.1. The van der Waals surface area contributed by atoms with Gasteiger partial charge < -0.3 is 24.4 Å². The van der Waals surface area contributed by atoms with Crippen molar-refractivity contribution in [1.82, 2.24) is 15.1 Å². The first-order chi connectivity index (χ1) is 16.0. The lowest BCUT2D eigenvalue weighted by molar-refractivity contribution is -0.141. The van der Waals surface area contributed by atoms with Crippen LogP contribution < -0.4 is 14.8 Å². The van der Waals surface area contributed by atoms with Crippen LogP contribution in [0.2, 0.25) is 0 Å². The first-order valence-corrected chi connectivity index (χ1v) is 10.8. The van der Waals surface area contributed by atoms with Crippen molar-refractivity contribution in [2.45, 2.75) is 25.1 Å². The molecule has 9 nitrogen and oxygen atoms in total. The Balaban J connectivity index is 1.38. The summed E-state index contributed by atoms with van der Waals surface area (Å²) in [5.74, 6) is 0.456. The fourth-order valence-corrected chi connectivity index (χ4v) is 4.08. The van der Waals surface area contributed by atoms with Crippen molar-refractivity contribution in [3.63, 3.8) is 0 Å². The summed E-state index contributed by atoms with van der Waals surface area (Å²) >= 11 is 0. The lowest BCUT2D eigenvalue weighted by Gasteiger charge is -2.33. The Morgan fingerprint density at radius 2 is 1.85 bits per heavy atom. The molecule has 0 saturated carbocycles. The zero-order valence-electron chi connectivity index (χ0n) is 18.7. The molecule has 2 saturated heterocycles. The lowest BCUT2D eigenvalue weighted by Crippen LogP contribution is -2.45. The van der Waals surface area contributed by atoms with Crippen LogP contribution in [-0.4, -0.2) is 67.6 Å². The normalized spacial score (nSPS) is 20.5. The maximum absolute atomic E-state index is 12.9. The third-order valence-electron chi connectivity index (χ3n) is 5.86. The molecular weight excluding hydrogens is 426 g/mol. The second-order valence-corrected chi connectivity index (χ2v) is 7.93. The molecule has 0 spiro atoms. The number of hydrogen-bond donors (Lipinski definition) is 1. The van der Waals surface area contributed by atoms with Crippen molar-refractivity contribution in [3.05, 3.63) is 59.7 Å². The average molecular weight is 453 g/mol. The molecule has 2 atom stereocenters. The first-order valence-electron chi connectivity index (χ1n) is 10.8. The molecule has 2 fully saturated rings. The Kier molecular flexibility index (Phi) is 6.79. The molecule has 33 heavy (non-hydrogen) atoms. The second-order valence-electron chi connectivity index (χ2n) is 7.93. The third-order valence-corrected chi connectivity index (χ3v) is 5.86. The van der Waals surface area contributed by atoms with E-state index in [1.165, 1.54) is 14.2 Å². The summed E-state index contributed by atoms with van der Waals surface area (Å²) in [4.78, 5) is 41.1. The second kappa shape index (κ2) is 9.91. The van der Waals surface area contributed by atoms with Gasteiger partial charge in [-0.1, -0.05) is 36.4 Å². The van der Waals surface area contributed by atoms with Gasteiger partial charge in [0, 0.05) is 6.54 Å². The number of ether oxygens (including phenoxy) is 3. The number of methoxy groups -OCH3 is 2. The summed E-state index contributed by atoms with van der Waals surface area (Å²) in [7, 11) is 3.05. The van der Waals surface area contributed by atoms with Gasteiger partial charge in [-0.3, -0.25) is 14.5 Å². The van der Waals surface area contributed by atoms with Crippen molar-refractivity contribution >= 4 is 17.8 Å². The molecule has 0 aliphatic carbocycles. The monoisotopic (exact) mass is 453 g/mol. The van der Waals surface area contributed by atoms with Crippen molar-refractivity contribution in [1.29, 1.82) is 0 Å². The van der Waals surface area contributed by atoms with Gasteiger partial charge in [-0.2, -0.15) is 0 Å². The Morgan fingerprint density at radius 1 is 1.09 bits per heavy atom. The van der Waals surface area contributed by atoms with Gasteiger partial charge in [0.1, 0.15) is 12.1 Å². The summed E-state index contributed by atoms with van der Waals surface area (Å²) in [6.45, 7) is 1.35. The molecule has 2 aromatic rings. The van der Waals surface area contributed by atoms with Crippen LogP contribution in [0, 0.1) is 0 Å².